The maximum atomic E-state index is 6.07. The minimum Gasteiger partial charge on any atom is -0.372 e. The van der Waals surface area contributed by atoms with Crippen molar-refractivity contribution in [3.63, 3.8) is 0 Å². The van der Waals surface area contributed by atoms with Gasteiger partial charge in [-0.3, -0.25) is 4.90 Å². The van der Waals surface area contributed by atoms with Crippen LogP contribution in [0.3, 0.4) is 0 Å². The summed E-state index contributed by atoms with van der Waals surface area (Å²) in [6.07, 6.45) is 3.16. The van der Waals surface area contributed by atoms with E-state index in [-0.39, 0.29) is 0 Å². The van der Waals surface area contributed by atoms with E-state index in [9.17, 15) is 0 Å². The molecular weight excluding hydrogens is 258 g/mol. The molecule has 0 aliphatic carbocycles. The normalized spacial score (nSPS) is 23.4. The second-order valence-corrected chi connectivity index (χ2v) is 6.26. The summed E-state index contributed by atoms with van der Waals surface area (Å²) in [5.74, 6) is 0. The monoisotopic (exact) mass is 283 g/mol. The van der Waals surface area contributed by atoms with Gasteiger partial charge in [-0.2, -0.15) is 0 Å². The number of rotatable bonds is 7. The number of aromatic nitrogens is 1. The van der Waals surface area contributed by atoms with E-state index in [1.54, 1.807) is 11.3 Å². The van der Waals surface area contributed by atoms with E-state index in [0.29, 0.717) is 12.2 Å². The lowest BCUT2D eigenvalue weighted by atomic mass is 10.2. The van der Waals surface area contributed by atoms with Crippen LogP contribution in [-0.4, -0.2) is 48.8 Å². The smallest absolute Gasteiger partial charge is 0.0798 e. The molecule has 2 unspecified atom stereocenters. The summed E-state index contributed by atoms with van der Waals surface area (Å²) in [7, 11) is 2.17. The third-order valence-electron chi connectivity index (χ3n) is 3.59. The van der Waals surface area contributed by atoms with E-state index >= 15 is 0 Å². The molecule has 0 radical (unpaired) electrons. The van der Waals surface area contributed by atoms with E-state index in [2.05, 4.69) is 36.1 Å². The molecule has 0 aromatic carbocycles. The van der Waals surface area contributed by atoms with Gasteiger partial charge in [-0.15, -0.1) is 11.3 Å². The van der Waals surface area contributed by atoms with E-state index in [0.717, 1.165) is 31.9 Å². The van der Waals surface area contributed by atoms with Crippen LogP contribution in [0.15, 0.2) is 5.51 Å². The molecule has 0 saturated carbocycles. The first-order chi connectivity index (χ1) is 9.19. The van der Waals surface area contributed by atoms with Crippen LogP contribution in [-0.2, 0) is 11.3 Å². The molecule has 1 N–H and O–H groups in total. The van der Waals surface area contributed by atoms with Gasteiger partial charge >= 0.3 is 0 Å². The second kappa shape index (κ2) is 7.33. The van der Waals surface area contributed by atoms with Crippen molar-refractivity contribution in [2.75, 3.05) is 26.7 Å². The van der Waals surface area contributed by atoms with Crippen LogP contribution >= 0.6 is 11.3 Å². The fourth-order valence-corrected chi connectivity index (χ4v) is 3.36. The Morgan fingerprint density at radius 2 is 2.26 bits per heavy atom. The molecule has 0 spiro atoms. The Labute approximate surface area is 120 Å². The van der Waals surface area contributed by atoms with Gasteiger partial charge in [0.1, 0.15) is 0 Å². The highest BCUT2D eigenvalue weighted by Crippen LogP contribution is 2.21. The Bertz CT molecular complexity index is 383. The zero-order chi connectivity index (χ0) is 13.7. The average Bonchev–Trinajstić information content (AvgIpc) is 2.97. The van der Waals surface area contributed by atoms with Gasteiger partial charge in [0.2, 0.25) is 0 Å². The highest BCUT2D eigenvalue weighted by Gasteiger charge is 2.25. The molecule has 0 bridgehead atoms. The zero-order valence-corrected chi connectivity index (χ0v) is 13.0. The Balaban J connectivity index is 1.71. The molecule has 1 aliphatic rings. The number of aryl methyl sites for hydroxylation is 1. The molecule has 2 rings (SSSR count). The Hall–Kier alpha value is -0.490. The summed E-state index contributed by atoms with van der Waals surface area (Å²) < 4.78 is 6.07. The SMILES string of the molecule is CCNCC1CCC(CN(C)Cc2scnc2C)O1. The lowest BCUT2D eigenvalue weighted by Crippen LogP contribution is -2.31. The quantitative estimate of drug-likeness (QED) is 0.831. The first kappa shape index (κ1) is 14.9. The number of likely N-dealkylation sites (N-methyl/N-ethyl adjacent to an activating group) is 2. The minimum absolute atomic E-state index is 0.391. The fourth-order valence-electron chi connectivity index (χ4n) is 2.51. The van der Waals surface area contributed by atoms with Crippen molar-refractivity contribution in [3.05, 3.63) is 16.1 Å². The first-order valence-corrected chi connectivity index (χ1v) is 8.00. The fraction of sp³-hybridized carbons (Fsp3) is 0.786. The molecule has 1 aromatic rings. The lowest BCUT2D eigenvalue weighted by molar-refractivity contribution is 0.0271. The minimum atomic E-state index is 0.391. The van der Waals surface area contributed by atoms with Crippen LogP contribution < -0.4 is 5.32 Å². The largest absolute Gasteiger partial charge is 0.372 e. The van der Waals surface area contributed by atoms with Crippen LogP contribution in [0.2, 0.25) is 0 Å². The number of thiazole rings is 1. The first-order valence-electron chi connectivity index (χ1n) is 7.12. The number of hydrogen-bond donors (Lipinski definition) is 1. The van der Waals surface area contributed by atoms with Gasteiger partial charge in [-0.1, -0.05) is 6.92 Å². The van der Waals surface area contributed by atoms with Crippen LogP contribution in [0, 0.1) is 6.92 Å². The Morgan fingerprint density at radius 1 is 1.47 bits per heavy atom. The van der Waals surface area contributed by atoms with Crippen LogP contribution in [0.5, 0.6) is 0 Å². The summed E-state index contributed by atoms with van der Waals surface area (Å²) >= 11 is 1.74. The molecule has 1 fully saturated rings. The summed E-state index contributed by atoms with van der Waals surface area (Å²) in [5, 5.41) is 3.36. The van der Waals surface area contributed by atoms with Crippen molar-refractivity contribution in [2.24, 2.45) is 0 Å². The van der Waals surface area contributed by atoms with Crippen molar-refractivity contribution in [3.8, 4) is 0 Å². The number of nitrogens with zero attached hydrogens (tertiary/aromatic N) is 2. The van der Waals surface area contributed by atoms with Gasteiger partial charge in [-0.05, 0) is 33.4 Å². The molecule has 2 heterocycles. The molecule has 1 saturated heterocycles. The lowest BCUT2D eigenvalue weighted by Gasteiger charge is -2.21. The summed E-state index contributed by atoms with van der Waals surface area (Å²) in [6.45, 7) is 8.23. The molecule has 4 nitrogen and oxygen atoms in total. The van der Waals surface area contributed by atoms with Crippen LogP contribution in [0.4, 0.5) is 0 Å². The van der Waals surface area contributed by atoms with Gasteiger partial charge in [-0.25, -0.2) is 4.98 Å². The predicted octanol–water partition coefficient (Wildman–Crippen LogP) is 2.04. The summed E-state index contributed by atoms with van der Waals surface area (Å²) in [6, 6.07) is 0. The summed E-state index contributed by atoms with van der Waals surface area (Å²) in [5.41, 5.74) is 3.09. The van der Waals surface area contributed by atoms with E-state index in [1.807, 2.05) is 5.51 Å². The molecule has 1 aromatic heterocycles. The van der Waals surface area contributed by atoms with Crippen molar-refractivity contribution >= 4 is 11.3 Å². The van der Waals surface area contributed by atoms with Crippen molar-refractivity contribution in [1.82, 2.24) is 15.2 Å². The Kier molecular flexibility index (Phi) is 5.76. The predicted molar refractivity (Wildman–Crippen MR) is 79.6 cm³/mol. The second-order valence-electron chi connectivity index (χ2n) is 5.32. The number of nitrogens with one attached hydrogen (secondary N) is 1. The molecular formula is C14H25N3OS. The zero-order valence-electron chi connectivity index (χ0n) is 12.2. The van der Waals surface area contributed by atoms with Crippen molar-refractivity contribution in [1.29, 1.82) is 0 Å². The van der Waals surface area contributed by atoms with Gasteiger partial charge in [0.15, 0.2) is 0 Å². The number of hydrogen-bond acceptors (Lipinski definition) is 5. The molecule has 19 heavy (non-hydrogen) atoms. The molecule has 5 heteroatoms. The third-order valence-corrected chi connectivity index (χ3v) is 4.51. The maximum Gasteiger partial charge on any atom is 0.0798 e. The third kappa shape index (κ3) is 4.53. The topological polar surface area (TPSA) is 37.4 Å². The van der Waals surface area contributed by atoms with Crippen molar-refractivity contribution < 1.29 is 4.74 Å². The van der Waals surface area contributed by atoms with E-state index < -0.39 is 0 Å². The van der Waals surface area contributed by atoms with E-state index in [4.69, 9.17) is 4.74 Å². The highest BCUT2D eigenvalue weighted by atomic mass is 32.1. The van der Waals surface area contributed by atoms with Gasteiger partial charge < -0.3 is 10.1 Å². The van der Waals surface area contributed by atoms with Gasteiger partial charge in [0.05, 0.1) is 23.4 Å². The standard InChI is InChI=1S/C14H25N3OS/c1-4-15-7-12-5-6-13(18-12)8-17(3)9-14-11(2)16-10-19-14/h10,12-13,15H,4-9H2,1-3H3. The van der Waals surface area contributed by atoms with Gasteiger partial charge in [0, 0.05) is 24.5 Å². The highest BCUT2D eigenvalue weighted by molar-refractivity contribution is 7.09. The van der Waals surface area contributed by atoms with Crippen LogP contribution in [0.1, 0.15) is 30.3 Å². The van der Waals surface area contributed by atoms with Crippen LogP contribution in [0.25, 0.3) is 0 Å². The average molecular weight is 283 g/mol. The van der Waals surface area contributed by atoms with E-state index in [1.165, 1.54) is 17.7 Å². The molecule has 108 valence electrons. The van der Waals surface area contributed by atoms with Gasteiger partial charge in [0.25, 0.3) is 0 Å². The molecule has 2 atom stereocenters. The van der Waals surface area contributed by atoms with Crippen molar-refractivity contribution in [2.45, 2.75) is 45.4 Å². The molecule has 1 aliphatic heterocycles. The summed E-state index contributed by atoms with van der Waals surface area (Å²) in [4.78, 5) is 8.01. The maximum absolute atomic E-state index is 6.07. The molecule has 0 amide bonds. The number of ether oxygens (including phenoxy) is 1. The Morgan fingerprint density at radius 3 is 2.95 bits per heavy atom.